The molecule has 1 aliphatic rings. The van der Waals surface area contributed by atoms with Crippen LogP contribution in [0.4, 0.5) is 4.39 Å². The monoisotopic (exact) mass is 388 g/mol. The van der Waals surface area contributed by atoms with Gasteiger partial charge in [0.2, 0.25) is 5.82 Å². The molecular weight excluding hydrogens is 363 g/mol. The highest BCUT2D eigenvalue weighted by Gasteiger charge is 2.31. The number of carboxylic acid groups (broad SMARTS) is 1. The van der Waals surface area contributed by atoms with Crippen molar-refractivity contribution in [1.29, 1.82) is 0 Å². The van der Waals surface area contributed by atoms with Crippen molar-refractivity contribution in [3.63, 3.8) is 0 Å². The molecular formula is C20H25FN4O3. The van der Waals surface area contributed by atoms with Crippen molar-refractivity contribution in [2.24, 2.45) is 0 Å². The van der Waals surface area contributed by atoms with Crippen LogP contribution >= 0.6 is 0 Å². The summed E-state index contributed by atoms with van der Waals surface area (Å²) in [6.45, 7) is 4.37. The fraction of sp³-hybridized carbons (Fsp3) is 0.500. The lowest BCUT2D eigenvalue weighted by atomic mass is 9.98. The Morgan fingerprint density at radius 1 is 1.29 bits per heavy atom. The van der Waals surface area contributed by atoms with E-state index in [4.69, 9.17) is 5.11 Å². The zero-order chi connectivity index (χ0) is 20.3. The van der Waals surface area contributed by atoms with Gasteiger partial charge in [-0.05, 0) is 37.8 Å². The second-order valence-corrected chi connectivity index (χ2v) is 7.39. The van der Waals surface area contributed by atoms with E-state index in [9.17, 15) is 14.0 Å². The number of carbonyl (C=O) groups is 2. The zero-order valence-electron chi connectivity index (χ0n) is 16.1. The van der Waals surface area contributed by atoms with E-state index in [1.165, 1.54) is 10.7 Å². The zero-order valence-corrected chi connectivity index (χ0v) is 16.1. The normalized spacial score (nSPS) is 17.1. The minimum absolute atomic E-state index is 0.0167. The van der Waals surface area contributed by atoms with Crippen LogP contribution in [0, 0.1) is 5.82 Å². The van der Waals surface area contributed by atoms with E-state index >= 15 is 0 Å². The second-order valence-electron chi connectivity index (χ2n) is 7.39. The molecule has 1 fully saturated rings. The standard InChI is InChI=1S/C20H25FN4O3/c1-13(2)19-22-18(23-25(19)16-9-4-3-8-15(16)21)20(28)24-12-6-5-7-14(24)10-11-17(26)27/h3-4,8-9,13-14H,5-7,10-12H2,1-2H3,(H,26,27)/t14-/m0/s1. The first-order valence-corrected chi connectivity index (χ1v) is 9.63. The molecule has 0 bridgehead atoms. The van der Waals surface area contributed by atoms with Crippen molar-refractivity contribution in [2.45, 2.75) is 57.9 Å². The molecule has 1 N–H and O–H groups in total. The summed E-state index contributed by atoms with van der Waals surface area (Å²) in [6.07, 6.45) is 3.02. The lowest BCUT2D eigenvalue weighted by molar-refractivity contribution is -0.137. The molecule has 0 radical (unpaired) electrons. The van der Waals surface area contributed by atoms with Crippen LogP contribution in [0.3, 0.4) is 0 Å². The number of benzene rings is 1. The first-order chi connectivity index (χ1) is 13.4. The van der Waals surface area contributed by atoms with Crippen molar-refractivity contribution in [1.82, 2.24) is 19.7 Å². The number of rotatable bonds is 6. The van der Waals surface area contributed by atoms with E-state index in [2.05, 4.69) is 10.1 Å². The van der Waals surface area contributed by atoms with E-state index in [1.54, 1.807) is 23.1 Å². The minimum atomic E-state index is -0.873. The first kappa shape index (κ1) is 20.0. The van der Waals surface area contributed by atoms with Gasteiger partial charge in [-0.2, -0.15) is 0 Å². The van der Waals surface area contributed by atoms with E-state index < -0.39 is 11.8 Å². The largest absolute Gasteiger partial charge is 0.481 e. The van der Waals surface area contributed by atoms with Gasteiger partial charge in [0.15, 0.2) is 0 Å². The third-order valence-electron chi connectivity index (χ3n) is 5.00. The van der Waals surface area contributed by atoms with Gasteiger partial charge in [-0.3, -0.25) is 9.59 Å². The highest BCUT2D eigenvalue weighted by Crippen LogP contribution is 2.24. The first-order valence-electron chi connectivity index (χ1n) is 9.63. The van der Waals surface area contributed by atoms with Crippen molar-refractivity contribution in [2.75, 3.05) is 6.54 Å². The van der Waals surface area contributed by atoms with Gasteiger partial charge >= 0.3 is 5.97 Å². The number of aliphatic carboxylic acids is 1. The maximum Gasteiger partial charge on any atom is 0.303 e. The number of amides is 1. The summed E-state index contributed by atoms with van der Waals surface area (Å²) < 4.78 is 15.7. The molecule has 1 aromatic carbocycles. The molecule has 0 aliphatic carbocycles. The maximum atomic E-state index is 14.3. The van der Waals surface area contributed by atoms with E-state index in [-0.39, 0.29) is 35.8 Å². The average molecular weight is 388 g/mol. The Kier molecular flexibility index (Phi) is 6.06. The van der Waals surface area contributed by atoms with Crippen molar-refractivity contribution in [3.05, 3.63) is 41.7 Å². The van der Waals surface area contributed by atoms with E-state index in [0.717, 1.165) is 19.3 Å². The Hall–Kier alpha value is -2.77. The Morgan fingerprint density at radius 2 is 2.04 bits per heavy atom. The van der Waals surface area contributed by atoms with Crippen LogP contribution < -0.4 is 0 Å². The Bertz CT molecular complexity index is 865. The fourth-order valence-corrected chi connectivity index (χ4v) is 3.58. The summed E-state index contributed by atoms with van der Waals surface area (Å²) in [6, 6.07) is 6.10. The van der Waals surface area contributed by atoms with Crippen LogP contribution in [0.15, 0.2) is 24.3 Å². The number of likely N-dealkylation sites (tertiary alicyclic amines) is 1. The smallest absolute Gasteiger partial charge is 0.303 e. The summed E-state index contributed by atoms with van der Waals surface area (Å²) in [5.41, 5.74) is 0.249. The molecule has 8 heteroatoms. The van der Waals surface area contributed by atoms with Gasteiger partial charge in [0.25, 0.3) is 5.91 Å². The Labute approximate surface area is 163 Å². The number of nitrogens with zero attached hydrogens (tertiary/aromatic N) is 4. The van der Waals surface area contributed by atoms with Gasteiger partial charge in [0.1, 0.15) is 17.3 Å². The molecule has 28 heavy (non-hydrogen) atoms. The van der Waals surface area contributed by atoms with Crippen LogP contribution in [-0.2, 0) is 4.79 Å². The summed E-state index contributed by atoms with van der Waals surface area (Å²) in [7, 11) is 0. The highest BCUT2D eigenvalue weighted by atomic mass is 19.1. The number of aromatic nitrogens is 3. The third-order valence-corrected chi connectivity index (χ3v) is 5.00. The number of hydrogen-bond donors (Lipinski definition) is 1. The number of hydrogen-bond acceptors (Lipinski definition) is 4. The molecule has 0 saturated carbocycles. The lowest BCUT2D eigenvalue weighted by Crippen LogP contribution is -2.44. The molecule has 1 amide bonds. The highest BCUT2D eigenvalue weighted by molar-refractivity contribution is 5.90. The number of halogens is 1. The van der Waals surface area contributed by atoms with Crippen LogP contribution in [0.1, 0.15) is 68.3 Å². The summed E-state index contributed by atoms with van der Waals surface area (Å²) in [5, 5.41) is 13.3. The van der Waals surface area contributed by atoms with Gasteiger partial charge in [-0.1, -0.05) is 26.0 Å². The van der Waals surface area contributed by atoms with Crippen LogP contribution in [-0.4, -0.2) is 49.2 Å². The Balaban J connectivity index is 1.92. The minimum Gasteiger partial charge on any atom is -0.481 e. The molecule has 1 atom stereocenters. The molecule has 7 nitrogen and oxygen atoms in total. The number of piperidine rings is 1. The van der Waals surface area contributed by atoms with Crippen molar-refractivity contribution < 1.29 is 19.1 Å². The lowest BCUT2D eigenvalue weighted by Gasteiger charge is -2.34. The molecule has 0 spiro atoms. The van der Waals surface area contributed by atoms with Crippen LogP contribution in [0.5, 0.6) is 0 Å². The van der Waals surface area contributed by atoms with Gasteiger partial charge in [-0.15, -0.1) is 5.10 Å². The summed E-state index contributed by atoms with van der Waals surface area (Å²) in [5.74, 6) is -1.17. The van der Waals surface area contributed by atoms with Crippen LogP contribution in [0.25, 0.3) is 5.69 Å². The number of carboxylic acids is 1. The molecule has 3 rings (SSSR count). The second kappa shape index (κ2) is 8.50. The molecule has 1 aromatic heterocycles. The predicted molar refractivity (Wildman–Crippen MR) is 101 cm³/mol. The van der Waals surface area contributed by atoms with Gasteiger partial charge < -0.3 is 10.0 Å². The molecule has 2 heterocycles. The van der Waals surface area contributed by atoms with E-state index in [0.29, 0.717) is 18.8 Å². The van der Waals surface area contributed by atoms with E-state index in [1.807, 2.05) is 13.8 Å². The summed E-state index contributed by atoms with van der Waals surface area (Å²) >= 11 is 0. The molecule has 1 saturated heterocycles. The van der Waals surface area contributed by atoms with Gasteiger partial charge in [0, 0.05) is 24.9 Å². The quantitative estimate of drug-likeness (QED) is 0.819. The van der Waals surface area contributed by atoms with Gasteiger partial charge in [-0.25, -0.2) is 14.1 Å². The SMILES string of the molecule is CC(C)c1nc(C(=O)N2CCCC[C@H]2CCC(=O)O)nn1-c1ccccc1F. The van der Waals surface area contributed by atoms with Gasteiger partial charge in [0.05, 0.1) is 0 Å². The third kappa shape index (κ3) is 4.21. The maximum absolute atomic E-state index is 14.3. The van der Waals surface area contributed by atoms with Crippen molar-refractivity contribution >= 4 is 11.9 Å². The summed E-state index contributed by atoms with van der Waals surface area (Å²) in [4.78, 5) is 30.1. The molecule has 2 aromatic rings. The molecule has 150 valence electrons. The number of para-hydroxylation sites is 1. The van der Waals surface area contributed by atoms with Crippen molar-refractivity contribution in [3.8, 4) is 5.69 Å². The predicted octanol–water partition coefficient (Wildman–Crippen LogP) is 3.39. The molecule has 1 aliphatic heterocycles. The Morgan fingerprint density at radius 3 is 2.71 bits per heavy atom. The topological polar surface area (TPSA) is 88.3 Å². The fourth-order valence-electron chi connectivity index (χ4n) is 3.58. The van der Waals surface area contributed by atoms with Crippen LogP contribution in [0.2, 0.25) is 0 Å². The average Bonchev–Trinajstić information content (AvgIpc) is 3.12. The molecule has 0 unspecified atom stereocenters. The number of carbonyl (C=O) groups excluding carboxylic acids is 1.